The maximum atomic E-state index is 15.8. The van der Waals surface area contributed by atoms with Crippen molar-refractivity contribution in [3.63, 3.8) is 0 Å². The zero-order chi connectivity index (χ0) is 27.9. The van der Waals surface area contributed by atoms with Crippen LogP contribution in [-0.2, 0) is 9.84 Å². The highest BCUT2D eigenvalue weighted by atomic mass is 32.2. The molecule has 0 bridgehead atoms. The van der Waals surface area contributed by atoms with Gasteiger partial charge in [-0.3, -0.25) is 0 Å². The molecule has 3 aromatic carbocycles. The van der Waals surface area contributed by atoms with Gasteiger partial charge in [-0.2, -0.15) is 0 Å². The van der Waals surface area contributed by atoms with Crippen LogP contribution in [0, 0.1) is 12.7 Å². The van der Waals surface area contributed by atoms with Crippen molar-refractivity contribution in [2.75, 3.05) is 6.26 Å². The lowest BCUT2D eigenvalue weighted by Gasteiger charge is -2.16. The molecule has 0 unspecified atom stereocenters. The van der Waals surface area contributed by atoms with Gasteiger partial charge in [0.2, 0.25) is 0 Å². The largest absolute Gasteiger partial charge is 0.573 e. The zero-order valence-electron chi connectivity index (χ0n) is 20.4. The maximum absolute atomic E-state index is 15.8. The Morgan fingerprint density at radius 1 is 0.949 bits per heavy atom. The standard InChI is InChI=1S/C26H19F4N5O3S/c1-16-14-34(15-31-16)25-22(27)11-19(18-4-3-5-21(10-18)39(2,36)37)12-23(25)35-24(13-32-33-35)17-6-8-20(9-7-17)38-26(28,29)30/h3-15H,1-2H3. The van der Waals surface area contributed by atoms with E-state index in [1.807, 2.05) is 0 Å². The average molecular weight is 558 g/mol. The van der Waals surface area contributed by atoms with E-state index in [-0.39, 0.29) is 16.3 Å². The number of nitrogens with zero attached hydrogens (tertiary/aromatic N) is 5. The summed E-state index contributed by atoms with van der Waals surface area (Å²) in [6.07, 6.45) is 0.675. The van der Waals surface area contributed by atoms with Gasteiger partial charge in [0.05, 0.1) is 34.5 Å². The summed E-state index contributed by atoms with van der Waals surface area (Å²) in [5, 5.41) is 8.08. The topological polar surface area (TPSA) is 91.9 Å². The fourth-order valence-electron chi connectivity index (χ4n) is 4.06. The van der Waals surface area contributed by atoms with Gasteiger partial charge < -0.3 is 9.30 Å². The summed E-state index contributed by atoms with van der Waals surface area (Å²) in [7, 11) is -3.52. The monoisotopic (exact) mass is 557 g/mol. The summed E-state index contributed by atoms with van der Waals surface area (Å²) in [6, 6.07) is 14.1. The van der Waals surface area contributed by atoms with Crippen LogP contribution in [0.5, 0.6) is 5.75 Å². The molecule has 0 saturated heterocycles. The number of aromatic nitrogens is 5. The first kappa shape index (κ1) is 26.1. The van der Waals surface area contributed by atoms with Gasteiger partial charge in [-0.15, -0.1) is 18.3 Å². The van der Waals surface area contributed by atoms with E-state index in [4.69, 9.17) is 0 Å². The number of aryl methyl sites for hydroxylation is 1. The zero-order valence-corrected chi connectivity index (χ0v) is 21.2. The lowest BCUT2D eigenvalue weighted by molar-refractivity contribution is -0.274. The summed E-state index contributed by atoms with van der Waals surface area (Å²) in [5.74, 6) is -1.06. The Kier molecular flexibility index (Phi) is 6.46. The van der Waals surface area contributed by atoms with Gasteiger partial charge in [0.15, 0.2) is 9.84 Å². The van der Waals surface area contributed by atoms with E-state index in [9.17, 15) is 21.6 Å². The van der Waals surface area contributed by atoms with E-state index in [1.165, 1.54) is 52.1 Å². The molecular formula is C26H19F4N5O3S. The van der Waals surface area contributed by atoms with E-state index in [0.29, 0.717) is 28.1 Å². The van der Waals surface area contributed by atoms with E-state index in [1.54, 1.807) is 31.3 Å². The molecule has 39 heavy (non-hydrogen) atoms. The molecule has 13 heteroatoms. The first-order chi connectivity index (χ1) is 18.4. The first-order valence-electron chi connectivity index (χ1n) is 11.3. The third kappa shape index (κ3) is 5.53. The Balaban J connectivity index is 1.68. The first-order valence-corrected chi connectivity index (χ1v) is 13.2. The number of halogens is 4. The third-order valence-corrected chi connectivity index (χ3v) is 6.88. The van der Waals surface area contributed by atoms with Gasteiger partial charge >= 0.3 is 6.36 Å². The van der Waals surface area contributed by atoms with Crippen molar-refractivity contribution in [1.82, 2.24) is 24.5 Å². The van der Waals surface area contributed by atoms with Crippen LogP contribution >= 0.6 is 0 Å². The fraction of sp³-hybridized carbons (Fsp3) is 0.115. The van der Waals surface area contributed by atoms with E-state index >= 15 is 4.39 Å². The predicted molar refractivity (Wildman–Crippen MR) is 134 cm³/mol. The summed E-state index contributed by atoms with van der Waals surface area (Å²) >= 11 is 0. The van der Waals surface area contributed by atoms with Crippen molar-refractivity contribution in [1.29, 1.82) is 0 Å². The molecule has 0 fully saturated rings. The summed E-state index contributed by atoms with van der Waals surface area (Å²) in [6.45, 7) is 1.74. The molecule has 2 heterocycles. The van der Waals surface area contributed by atoms with Gasteiger partial charge in [-0.05, 0) is 66.6 Å². The molecule has 0 aliphatic heterocycles. The van der Waals surface area contributed by atoms with Crippen LogP contribution in [0.2, 0.25) is 0 Å². The molecule has 5 rings (SSSR count). The Morgan fingerprint density at radius 3 is 2.33 bits per heavy atom. The van der Waals surface area contributed by atoms with Gasteiger partial charge in [-0.25, -0.2) is 22.5 Å². The highest BCUT2D eigenvalue weighted by molar-refractivity contribution is 7.90. The minimum absolute atomic E-state index is 0.0684. The highest BCUT2D eigenvalue weighted by Gasteiger charge is 2.31. The fourth-order valence-corrected chi connectivity index (χ4v) is 4.72. The van der Waals surface area contributed by atoms with Gasteiger partial charge in [0.25, 0.3) is 0 Å². The van der Waals surface area contributed by atoms with Crippen molar-refractivity contribution >= 4 is 9.84 Å². The molecular weight excluding hydrogens is 538 g/mol. The normalized spacial score (nSPS) is 12.1. The van der Waals surface area contributed by atoms with Gasteiger partial charge in [-0.1, -0.05) is 17.3 Å². The Morgan fingerprint density at radius 2 is 1.69 bits per heavy atom. The lowest BCUT2D eigenvalue weighted by Crippen LogP contribution is -2.16. The van der Waals surface area contributed by atoms with Crippen molar-refractivity contribution in [2.45, 2.75) is 18.2 Å². The number of alkyl halides is 3. The van der Waals surface area contributed by atoms with Gasteiger partial charge in [0, 0.05) is 18.0 Å². The quantitative estimate of drug-likeness (QED) is 0.255. The summed E-state index contributed by atoms with van der Waals surface area (Å²) in [5.41, 5.74) is 2.55. The molecule has 0 radical (unpaired) electrons. The smallest absolute Gasteiger partial charge is 0.406 e. The van der Waals surface area contributed by atoms with Gasteiger partial charge in [0.1, 0.15) is 17.3 Å². The number of sulfone groups is 1. The van der Waals surface area contributed by atoms with Crippen molar-refractivity contribution in [2.24, 2.45) is 0 Å². The molecule has 5 aromatic rings. The number of imidazole rings is 1. The molecule has 8 nitrogen and oxygen atoms in total. The molecule has 0 amide bonds. The third-order valence-electron chi connectivity index (χ3n) is 5.77. The van der Waals surface area contributed by atoms with Crippen LogP contribution in [0.3, 0.4) is 0 Å². The van der Waals surface area contributed by atoms with Crippen LogP contribution < -0.4 is 4.74 Å². The number of hydrogen-bond acceptors (Lipinski definition) is 6. The van der Waals surface area contributed by atoms with Crippen molar-refractivity contribution < 1.29 is 30.7 Å². The van der Waals surface area contributed by atoms with E-state index in [0.717, 1.165) is 18.4 Å². The predicted octanol–water partition coefficient (Wildman–Crippen LogP) is 5.54. The Bertz CT molecular complexity index is 1780. The highest BCUT2D eigenvalue weighted by Crippen LogP contribution is 2.34. The number of rotatable bonds is 6. The van der Waals surface area contributed by atoms with Crippen molar-refractivity contribution in [3.8, 4) is 39.5 Å². The molecule has 0 aliphatic rings. The second-order valence-electron chi connectivity index (χ2n) is 8.65. The molecule has 0 saturated carbocycles. The summed E-state index contributed by atoms with van der Waals surface area (Å²) < 4.78 is 84.6. The van der Waals surface area contributed by atoms with E-state index in [2.05, 4.69) is 20.0 Å². The Labute approximate surface area is 220 Å². The number of hydrogen-bond donors (Lipinski definition) is 0. The molecule has 200 valence electrons. The van der Waals surface area contributed by atoms with Crippen LogP contribution in [0.25, 0.3) is 33.8 Å². The van der Waals surface area contributed by atoms with Crippen LogP contribution in [0.1, 0.15) is 5.69 Å². The second-order valence-corrected chi connectivity index (χ2v) is 10.7. The van der Waals surface area contributed by atoms with E-state index < -0.39 is 27.8 Å². The van der Waals surface area contributed by atoms with Crippen LogP contribution in [0.4, 0.5) is 17.6 Å². The molecule has 0 spiro atoms. The summed E-state index contributed by atoms with van der Waals surface area (Å²) in [4.78, 5) is 4.24. The molecule has 0 N–H and O–H groups in total. The molecule has 0 atom stereocenters. The van der Waals surface area contributed by atoms with Crippen molar-refractivity contribution in [3.05, 3.63) is 90.9 Å². The number of benzene rings is 3. The Hall–Kier alpha value is -4.52. The minimum Gasteiger partial charge on any atom is -0.406 e. The lowest BCUT2D eigenvalue weighted by atomic mass is 10.0. The van der Waals surface area contributed by atoms with Crippen LogP contribution in [0.15, 0.2) is 84.3 Å². The second kappa shape index (κ2) is 9.66. The number of ether oxygens (including phenoxy) is 1. The minimum atomic E-state index is -4.84. The average Bonchev–Trinajstić information content (AvgIpc) is 3.52. The maximum Gasteiger partial charge on any atom is 0.573 e. The SMILES string of the molecule is Cc1cn(-c2c(F)cc(-c3cccc(S(C)(=O)=O)c3)cc2-n2nncc2-c2ccc(OC(F)(F)F)cc2)cn1. The molecule has 0 aliphatic carbocycles. The molecule has 2 aromatic heterocycles. The van der Waals surface area contributed by atoms with Crippen LogP contribution in [-0.4, -0.2) is 45.6 Å².